The van der Waals surface area contributed by atoms with E-state index in [0.717, 1.165) is 25.7 Å². The van der Waals surface area contributed by atoms with Gasteiger partial charge in [-0.25, -0.2) is 4.79 Å². The fourth-order valence-electron chi connectivity index (χ4n) is 3.67. The van der Waals surface area contributed by atoms with E-state index in [1.165, 1.54) is 36.0 Å². The maximum atomic E-state index is 11.9. The van der Waals surface area contributed by atoms with Gasteiger partial charge in [0.25, 0.3) is 0 Å². The van der Waals surface area contributed by atoms with Gasteiger partial charge in [0, 0.05) is 13.1 Å². The van der Waals surface area contributed by atoms with Crippen LogP contribution in [0.15, 0.2) is 18.2 Å². The molecular formula is C18H26N2O2. The number of carbonyl (C=O) groups is 1. The maximum absolute atomic E-state index is 11.9. The average Bonchev–Trinajstić information content (AvgIpc) is 2.98. The summed E-state index contributed by atoms with van der Waals surface area (Å²) in [6.07, 6.45) is 7.30. The molecular weight excluding hydrogens is 276 g/mol. The molecule has 1 saturated carbocycles. The molecule has 0 heterocycles. The minimum atomic E-state index is -0.185. The summed E-state index contributed by atoms with van der Waals surface area (Å²) < 4.78 is 0. The minimum absolute atomic E-state index is 0.111. The number of hydrogen-bond donors (Lipinski definition) is 3. The summed E-state index contributed by atoms with van der Waals surface area (Å²) in [4.78, 5) is 11.9. The molecule has 2 amide bonds. The van der Waals surface area contributed by atoms with Crippen LogP contribution in [0.25, 0.3) is 0 Å². The smallest absolute Gasteiger partial charge is 0.315 e. The van der Waals surface area contributed by atoms with E-state index >= 15 is 0 Å². The first-order chi connectivity index (χ1) is 10.7. The summed E-state index contributed by atoms with van der Waals surface area (Å²) in [5.74, 6) is 0.412. The fraction of sp³-hybridized carbons (Fsp3) is 0.611. The van der Waals surface area contributed by atoms with Crippen LogP contribution in [0.1, 0.15) is 48.8 Å². The molecule has 0 spiro atoms. The highest BCUT2D eigenvalue weighted by Gasteiger charge is 2.20. The highest BCUT2D eigenvalue weighted by atomic mass is 16.3. The summed E-state index contributed by atoms with van der Waals surface area (Å²) in [5.41, 5.74) is 4.07. The number of rotatable bonds is 4. The molecule has 0 aliphatic heterocycles. The number of aryl methyl sites for hydroxylation is 2. The number of urea groups is 1. The predicted molar refractivity (Wildman–Crippen MR) is 86.7 cm³/mol. The van der Waals surface area contributed by atoms with Gasteiger partial charge in [0.1, 0.15) is 0 Å². The summed E-state index contributed by atoms with van der Waals surface area (Å²) in [7, 11) is 0. The molecule has 22 heavy (non-hydrogen) atoms. The first-order valence-corrected chi connectivity index (χ1v) is 8.51. The predicted octanol–water partition coefficient (Wildman–Crippen LogP) is 2.53. The number of benzene rings is 1. The molecule has 4 heteroatoms. The monoisotopic (exact) mass is 302 g/mol. The van der Waals surface area contributed by atoms with Crippen LogP contribution in [0.5, 0.6) is 0 Å². The van der Waals surface area contributed by atoms with Gasteiger partial charge >= 0.3 is 6.03 Å². The van der Waals surface area contributed by atoms with Gasteiger partial charge < -0.3 is 15.7 Å². The van der Waals surface area contributed by atoms with E-state index in [4.69, 9.17) is 0 Å². The summed E-state index contributed by atoms with van der Waals surface area (Å²) in [6.45, 7) is 1.24. The molecule has 0 saturated heterocycles. The standard InChI is InChI=1S/C18H26N2O2/c21-17-6-1-3-13(10-17)11-19-18(22)20-12-14-7-8-15-4-2-5-16(15)9-14/h7-9,13,17,21H,1-6,10-12H2,(H2,19,20,22). The lowest BCUT2D eigenvalue weighted by Gasteiger charge is -2.25. The van der Waals surface area contributed by atoms with E-state index in [2.05, 4.69) is 28.8 Å². The number of aliphatic hydroxyl groups excluding tert-OH is 1. The van der Waals surface area contributed by atoms with Crippen LogP contribution in [-0.4, -0.2) is 23.8 Å². The highest BCUT2D eigenvalue weighted by molar-refractivity contribution is 5.73. The largest absolute Gasteiger partial charge is 0.393 e. The van der Waals surface area contributed by atoms with E-state index in [1.54, 1.807) is 0 Å². The van der Waals surface area contributed by atoms with Crippen molar-refractivity contribution in [3.8, 4) is 0 Å². The Kier molecular flexibility index (Phi) is 4.98. The Hall–Kier alpha value is -1.55. The highest BCUT2D eigenvalue weighted by Crippen LogP contribution is 2.24. The van der Waals surface area contributed by atoms with Crippen molar-refractivity contribution in [2.45, 2.75) is 57.6 Å². The second-order valence-corrected chi connectivity index (χ2v) is 6.71. The lowest BCUT2D eigenvalue weighted by molar-refractivity contribution is 0.101. The Balaban J connectivity index is 1.40. The molecule has 2 unspecified atom stereocenters. The van der Waals surface area contributed by atoms with Crippen LogP contribution in [-0.2, 0) is 19.4 Å². The van der Waals surface area contributed by atoms with Gasteiger partial charge in [-0.1, -0.05) is 24.6 Å². The van der Waals surface area contributed by atoms with E-state index in [-0.39, 0.29) is 12.1 Å². The van der Waals surface area contributed by atoms with Crippen molar-refractivity contribution in [2.24, 2.45) is 5.92 Å². The van der Waals surface area contributed by atoms with Gasteiger partial charge in [0.05, 0.1) is 6.10 Å². The van der Waals surface area contributed by atoms with Crippen molar-refractivity contribution in [3.05, 3.63) is 34.9 Å². The van der Waals surface area contributed by atoms with Crippen molar-refractivity contribution < 1.29 is 9.90 Å². The first-order valence-electron chi connectivity index (χ1n) is 8.51. The van der Waals surface area contributed by atoms with Gasteiger partial charge in [-0.05, 0) is 61.1 Å². The first kappa shape index (κ1) is 15.3. The zero-order chi connectivity index (χ0) is 15.4. The Morgan fingerprint density at radius 3 is 2.86 bits per heavy atom. The Morgan fingerprint density at radius 2 is 2.00 bits per heavy atom. The third-order valence-electron chi connectivity index (χ3n) is 4.92. The van der Waals surface area contributed by atoms with Gasteiger partial charge in [-0.3, -0.25) is 0 Å². The number of amides is 2. The summed E-state index contributed by atoms with van der Waals surface area (Å²) >= 11 is 0. The zero-order valence-electron chi connectivity index (χ0n) is 13.1. The van der Waals surface area contributed by atoms with E-state index in [0.29, 0.717) is 19.0 Å². The maximum Gasteiger partial charge on any atom is 0.315 e. The molecule has 0 aromatic heterocycles. The number of hydrogen-bond acceptors (Lipinski definition) is 2. The van der Waals surface area contributed by atoms with Gasteiger partial charge in [-0.2, -0.15) is 0 Å². The molecule has 2 aliphatic rings. The molecule has 1 aromatic carbocycles. The van der Waals surface area contributed by atoms with Gasteiger partial charge in [0.15, 0.2) is 0 Å². The van der Waals surface area contributed by atoms with Crippen LogP contribution in [0.2, 0.25) is 0 Å². The van der Waals surface area contributed by atoms with Gasteiger partial charge in [-0.15, -0.1) is 0 Å². The van der Waals surface area contributed by atoms with Crippen LogP contribution >= 0.6 is 0 Å². The molecule has 1 aromatic rings. The molecule has 3 rings (SSSR count). The Labute approximate surface area is 132 Å². The lowest BCUT2D eigenvalue weighted by atomic mass is 9.87. The molecule has 3 N–H and O–H groups in total. The van der Waals surface area contributed by atoms with Crippen LogP contribution < -0.4 is 10.6 Å². The van der Waals surface area contributed by atoms with Crippen molar-refractivity contribution in [3.63, 3.8) is 0 Å². The third-order valence-corrected chi connectivity index (χ3v) is 4.92. The summed E-state index contributed by atoms with van der Waals surface area (Å²) in [6, 6.07) is 6.42. The molecule has 120 valence electrons. The summed E-state index contributed by atoms with van der Waals surface area (Å²) in [5, 5.41) is 15.5. The van der Waals surface area contributed by atoms with Crippen LogP contribution in [0, 0.1) is 5.92 Å². The van der Waals surface area contributed by atoms with E-state index in [9.17, 15) is 9.90 Å². The Morgan fingerprint density at radius 1 is 1.14 bits per heavy atom. The van der Waals surface area contributed by atoms with Crippen molar-refractivity contribution in [1.82, 2.24) is 10.6 Å². The second kappa shape index (κ2) is 7.14. The SMILES string of the molecule is O=C(NCc1ccc2c(c1)CCC2)NCC1CCCC(O)C1. The Bertz CT molecular complexity index is 530. The molecule has 0 bridgehead atoms. The van der Waals surface area contributed by atoms with E-state index in [1.807, 2.05) is 0 Å². The van der Waals surface area contributed by atoms with Crippen LogP contribution in [0.4, 0.5) is 4.79 Å². The number of carbonyl (C=O) groups excluding carboxylic acids is 1. The average molecular weight is 302 g/mol. The minimum Gasteiger partial charge on any atom is -0.393 e. The quantitative estimate of drug-likeness (QED) is 0.800. The molecule has 1 fully saturated rings. The van der Waals surface area contributed by atoms with Crippen molar-refractivity contribution in [2.75, 3.05) is 6.54 Å². The molecule has 0 radical (unpaired) electrons. The fourth-order valence-corrected chi connectivity index (χ4v) is 3.67. The second-order valence-electron chi connectivity index (χ2n) is 6.71. The van der Waals surface area contributed by atoms with Crippen molar-refractivity contribution >= 4 is 6.03 Å². The van der Waals surface area contributed by atoms with Gasteiger partial charge in [0.2, 0.25) is 0 Å². The lowest BCUT2D eigenvalue weighted by Crippen LogP contribution is -2.39. The number of nitrogens with one attached hydrogen (secondary N) is 2. The van der Waals surface area contributed by atoms with Crippen LogP contribution in [0.3, 0.4) is 0 Å². The molecule has 2 aliphatic carbocycles. The molecule has 4 nitrogen and oxygen atoms in total. The third kappa shape index (κ3) is 4.01. The topological polar surface area (TPSA) is 61.4 Å². The molecule has 2 atom stereocenters. The van der Waals surface area contributed by atoms with Crippen molar-refractivity contribution in [1.29, 1.82) is 0 Å². The van der Waals surface area contributed by atoms with E-state index < -0.39 is 0 Å². The number of fused-ring (bicyclic) bond motifs is 1. The normalized spacial score (nSPS) is 23.9. The zero-order valence-corrected chi connectivity index (χ0v) is 13.1. The number of aliphatic hydroxyl groups is 1.